The van der Waals surface area contributed by atoms with Crippen LogP contribution in [0.4, 0.5) is 19.0 Å². The number of H-pyrrole nitrogens is 1. The molecule has 2 aromatic rings. The average molecular weight is 286 g/mol. The summed E-state index contributed by atoms with van der Waals surface area (Å²) in [6.45, 7) is 1.20. The zero-order valence-electron chi connectivity index (χ0n) is 10.5. The number of nitrogens with one attached hydrogen (secondary N) is 2. The Labute approximate surface area is 112 Å². The number of fused-ring (bicyclic) bond motifs is 1. The van der Waals surface area contributed by atoms with E-state index in [1.54, 1.807) is 0 Å². The summed E-state index contributed by atoms with van der Waals surface area (Å²) in [5, 5.41) is 3.06. The molecule has 108 valence electrons. The smallest absolute Gasteiger partial charge is 0.381 e. The molecule has 1 aliphatic heterocycles. The molecule has 0 atom stereocenters. The molecule has 3 rings (SSSR count). The van der Waals surface area contributed by atoms with E-state index in [9.17, 15) is 13.2 Å². The van der Waals surface area contributed by atoms with E-state index in [-0.39, 0.29) is 22.9 Å². The van der Waals surface area contributed by atoms with Crippen LogP contribution >= 0.6 is 0 Å². The Morgan fingerprint density at radius 1 is 1.25 bits per heavy atom. The van der Waals surface area contributed by atoms with Crippen molar-refractivity contribution < 1.29 is 17.9 Å². The number of hydrogen-bond donors (Lipinski definition) is 2. The highest BCUT2D eigenvalue weighted by Gasteiger charge is 2.35. The van der Waals surface area contributed by atoms with Gasteiger partial charge in [0.05, 0.1) is 10.9 Å². The molecule has 0 amide bonds. The van der Waals surface area contributed by atoms with Crippen molar-refractivity contribution in [3.05, 3.63) is 18.1 Å². The summed E-state index contributed by atoms with van der Waals surface area (Å²) in [7, 11) is 0. The quantitative estimate of drug-likeness (QED) is 0.890. The first kappa shape index (κ1) is 13.2. The average Bonchev–Trinajstić information content (AvgIpc) is 2.85. The first-order valence-corrected chi connectivity index (χ1v) is 6.29. The Kier molecular flexibility index (Phi) is 3.25. The minimum atomic E-state index is -4.44. The summed E-state index contributed by atoms with van der Waals surface area (Å²) in [6, 6.07) is 0.0674. The summed E-state index contributed by atoms with van der Waals surface area (Å²) in [4.78, 5) is 10.3. The van der Waals surface area contributed by atoms with Crippen LogP contribution < -0.4 is 5.32 Å². The van der Waals surface area contributed by atoms with Gasteiger partial charge in [-0.05, 0) is 12.8 Å². The predicted octanol–water partition coefficient (Wildman–Crippen LogP) is 2.57. The molecular formula is C12H13F3N4O. The Bertz CT molecular complexity index is 604. The zero-order valence-corrected chi connectivity index (χ0v) is 10.5. The summed E-state index contributed by atoms with van der Waals surface area (Å²) in [6.07, 6.45) is -0.765. The van der Waals surface area contributed by atoms with E-state index in [4.69, 9.17) is 4.74 Å². The normalized spacial score (nSPS) is 17.6. The van der Waals surface area contributed by atoms with Gasteiger partial charge in [0.1, 0.15) is 17.8 Å². The number of halogens is 3. The van der Waals surface area contributed by atoms with Gasteiger partial charge in [0, 0.05) is 25.5 Å². The number of rotatable bonds is 2. The largest absolute Gasteiger partial charge is 0.418 e. The highest BCUT2D eigenvalue weighted by Crippen LogP contribution is 2.37. The van der Waals surface area contributed by atoms with Gasteiger partial charge in [-0.2, -0.15) is 13.2 Å². The van der Waals surface area contributed by atoms with Crippen LogP contribution in [0.15, 0.2) is 12.5 Å². The summed E-state index contributed by atoms with van der Waals surface area (Å²) in [5.74, 6) is 0.218. The van der Waals surface area contributed by atoms with Crippen LogP contribution in [-0.2, 0) is 10.9 Å². The number of alkyl halides is 3. The van der Waals surface area contributed by atoms with Crippen molar-refractivity contribution in [3.63, 3.8) is 0 Å². The molecule has 0 unspecified atom stereocenters. The molecule has 20 heavy (non-hydrogen) atoms. The van der Waals surface area contributed by atoms with Crippen molar-refractivity contribution in [2.24, 2.45) is 0 Å². The molecule has 5 nitrogen and oxygen atoms in total. The van der Waals surface area contributed by atoms with Crippen LogP contribution in [0, 0.1) is 0 Å². The fraction of sp³-hybridized carbons (Fsp3) is 0.500. The Morgan fingerprint density at radius 2 is 2.00 bits per heavy atom. The lowest BCUT2D eigenvalue weighted by Crippen LogP contribution is -2.28. The van der Waals surface area contributed by atoms with E-state index in [0.717, 1.165) is 19.0 Å². The van der Waals surface area contributed by atoms with Crippen LogP contribution in [0.3, 0.4) is 0 Å². The molecule has 1 saturated heterocycles. The van der Waals surface area contributed by atoms with Crippen molar-refractivity contribution in [1.82, 2.24) is 15.0 Å². The van der Waals surface area contributed by atoms with Crippen molar-refractivity contribution in [1.29, 1.82) is 0 Å². The van der Waals surface area contributed by atoms with Gasteiger partial charge in [-0.15, -0.1) is 0 Å². The fourth-order valence-electron chi connectivity index (χ4n) is 2.33. The molecule has 3 heterocycles. The molecule has 0 radical (unpaired) electrons. The predicted molar refractivity (Wildman–Crippen MR) is 66.4 cm³/mol. The maximum atomic E-state index is 13.0. The molecule has 0 bridgehead atoms. The summed E-state index contributed by atoms with van der Waals surface area (Å²) in [5.41, 5.74) is -0.565. The van der Waals surface area contributed by atoms with Gasteiger partial charge in [0.2, 0.25) is 0 Å². The first-order valence-electron chi connectivity index (χ1n) is 6.29. The molecule has 0 aromatic carbocycles. The second-order valence-electron chi connectivity index (χ2n) is 4.68. The Balaban J connectivity index is 1.99. The molecule has 2 aromatic heterocycles. The number of aromatic nitrogens is 3. The molecule has 1 aliphatic rings. The highest BCUT2D eigenvalue weighted by atomic mass is 19.4. The van der Waals surface area contributed by atoms with E-state index in [1.165, 1.54) is 6.33 Å². The zero-order chi connectivity index (χ0) is 14.2. The molecule has 0 aliphatic carbocycles. The van der Waals surface area contributed by atoms with Crippen LogP contribution in [-0.4, -0.2) is 34.2 Å². The van der Waals surface area contributed by atoms with Crippen LogP contribution in [0.25, 0.3) is 11.0 Å². The van der Waals surface area contributed by atoms with E-state index in [2.05, 4.69) is 20.3 Å². The van der Waals surface area contributed by atoms with E-state index in [0.29, 0.717) is 13.2 Å². The first-order chi connectivity index (χ1) is 9.55. The van der Waals surface area contributed by atoms with Crippen LogP contribution in [0.2, 0.25) is 0 Å². The van der Waals surface area contributed by atoms with Gasteiger partial charge in [0.15, 0.2) is 0 Å². The minimum absolute atomic E-state index is 0.00788. The van der Waals surface area contributed by atoms with E-state index in [1.807, 2.05) is 0 Å². The van der Waals surface area contributed by atoms with Gasteiger partial charge in [-0.25, -0.2) is 9.97 Å². The maximum absolute atomic E-state index is 13.0. The third-order valence-electron chi connectivity index (χ3n) is 3.34. The summed E-state index contributed by atoms with van der Waals surface area (Å²) >= 11 is 0. The topological polar surface area (TPSA) is 62.8 Å². The SMILES string of the molecule is FC(F)(F)c1c[nH]c2ncnc(NC3CCOCC3)c12. The number of ether oxygens (including phenoxy) is 1. The molecule has 1 fully saturated rings. The standard InChI is InChI=1S/C12H13F3N4O/c13-12(14,15)8-5-16-10-9(8)11(18-6-17-10)19-7-1-3-20-4-2-7/h5-7H,1-4H2,(H2,16,17,18,19). The lowest BCUT2D eigenvalue weighted by Gasteiger charge is -2.24. The van der Waals surface area contributed by atoms with Crippen molar-refractivity contribution in [3.8, 4) is 0 Å². The number of anilines is 1. The third-order valence-corrected chi connectivity index (χ3v) is 3.34. The highest BCUT2D eigenvalue weighted by molar-refractivity contribution is 5.90. The molecule has 8 heteroatoms. The van der Waals surface area contributed by atoms with Crippen LogP contribution in [0.5, 0.6) is 0 Å². The fourth-order valence-corrected chi connectivity index (χ4v) is 2.33. The van der Waals surface area contributed by atoms with E-state index >= 15 is 0 Å². The van der Waals surface area contributed by atoms with Crippen LogP contribution in [0.1, 0.15) is 18.4 Å². The molecule has 0 saturated carbocycles. The Hall–Kier alpha value is -1.83. The second-order valence-corrected chi connectivity index (χ2v) is 4.68. The monoisotopic (exact) mass is 286 g/mol. The number of aromatic amines is 1. The van der Waals surface area contributed by atoms with Gasteiger partial charge in [-0.3, -0.25) is 0 Å². The van der Waals surface area contributed by atoms with Gasteiger partial charge >= 0.3 is 6.18 Å². The van der Waals surface area contributed by atoms with Crippen molar-refractivity contribution in [2.45, 2.75) is 25.1 Å². The van der Waals surface area contributed by atoms with Gasteiger partial charge < -0.3 is 15.0 Å². The maximum Gasteiger partial charge on any atom is 0.418 e. The van der Waals surface area contributed by atoms with E-state index < -0.39 is 11.7 Å². The lowest BCUT2D eigenvalue weighted by atomic mass is 10.1. The van der Waals surface area contributed by atoms with Gasteiger partial charge in [0.25, 0.3) is 0 Å². The number of nitrogens with zero attached hydrogens (tertiary/aromatic N) is 2. The second kappa shape index (κ2) is 4.93. The van der Waals surface area contributed by atoms with Gasteiger partial charge in [-0.1, -0.05) is 0 Å². The van der Waals surface area contributed by atoms with Crippen molar-refractivity contribution >= 4 is 16.9 Å². The van der Waals surface area contributed by atoms with Crippen molar-refractivity contribution in [2.75, 3.05) is 18.5 Å². The summed E-state index contributed by atoms with van der Waals surface area (Å²) < 4.78 is 44.2. The minimum Gasteiger partial charge on any atom is -0.381 e. The molecule has 0 spiro atoms. The third kappa shape index (κ3) is 2.43. The molecular weight excluding hydrogens is 273 g/mol. The lowest BCUT2D eigenvalue weighted by molar-refractivity contribution is -0.136. The molecule has 2 N–H and O–H groups in total. The Morgan fingerprint density at radius 3 is 2.70 bits per heavy atom. The number of hydrogen-bond acceptors (Lipinski definition) is 4.